The highest BCUT2D eigenvalue weighted by Gasteiger charge is 2.10. The van der Waals surface area contributed by atoms with Gasteiger partial charge in [-0.1, -0.05) is 41.1 Å². The molecule has 0 aliphatic heterocycles. The highest BCUT2D eigenvalue weighted by Crippen LogP contribution is 2.21. The van der Waals surface area contributed by atoms with Gasteiger partial charge in [0.05, 0.1) is 0 Å². The number of likely N-dealkylation sites (N-methyl/N-ethyl adjacent to an activating group) is 1. The van der Waals surface area contributed by atoms with E-state index in [1.807, 2.05) is 36.0 Å². The third-order valence-corrected chi connectivity index (χ3v) is 4.72. The van der Waals surface area contributed by atoms with Crippen LogP contribution in [0.15, 0.2) is 57.9 Å². The Hall–Kier alpha value is -0.840. The first-order chi connectivity index (χ1) is 10.2. The first kappa shape index (κ1) is 16.5. The molecule has 0 fully saturated rings. The Morgan fingerprint density at radius 1 is 1.19 bits per heavy atom. The van der Waals surface area contributed by atoms with Gasteiger partial charge in [-0.2, -0.15) is 0 Å². The standard InChI is InChI=1S/C17H19BrFNS/c1-2-20-16(12-21-17-6-4-3-5-7-17)10-13-8-14(18)11-15(19)9-13/h3-9,11,16,20H,2,10,12H2,1H3. The summed E-state index contributed by atoms with van der Waals surface area (Å²) in [5, 5.41) is 3.48. The van der Waals surface area contributed by atoms with E-state index in [4.69, 9.17) is 0 Å². The SMILES string of the molecule is CCNC(CSc1ccccc1)Cc1cc(F)cc(Br)c1. The molecule has 0 aromatic heterocycles. The van der Waals surface area contributed by atoms with E-state index in [-0.39, 0.29) is 5.82 Å². The van der Waals surface area contributed by atoms with Crippen LogP contribution < -0.4 is 5.32 Å². The van der Waals surface area contributed by atoms with Crippen molar-refractivity contribution in [1.29, 1.82) is 0 Å². The van der Waals surface area contributed by atoms with Crippen molar-refractivity contribution in [2.75, 3.05) is 12.3 Å². The van der Waals surface area contributed by atoms with Crippen LogP contribution >= 0.6 is 27.7 Å². The van der Waals surface area contributed by atoms with Crippen LogP contribution in [0.5, 0.6) is 0 Å². The molecular weight excluding hydrogens is 349 g/mol. The van der Waals surface area contributed by atoms with Gasteiger partial charge >= 0.3 is 0 Å². The zero-order valence-electron chi connectivity index (χ0n) is 12.0. The fourth-order valence-electron chi connectivity index (χ4n) is 2.21. The zero-order valence-corrected chi connectivity index (χ0v) is 14.4. The number of thioether (sulfide) groups is 1. The lowest BCUT2D eigenvalue weighted by molar-refractivity contribution is 0.568. The van der Waals surface area contributed by atoms with Gasteiger partial charge in [0.2, 0.25) is 0 Å². The lowest BCUT2D eigenvalue weighted by Crippen LogP contribution is -2.33. The van der Waals surface area contributed by atoms with Crippen LogP contribution in [0, 0.1) is 5.82 Å². The van der Waals surface area contributed by atoms with Gasteiger partial charge in [0, 0.05) is 21.2 Å². The summed E-state index contributed by atoms with van der Waals surface area (Å²) in [6.45, 7) is 3.01. The average molecular weight is 368 g/mol. The fourth-order valence-corrected chi connectivity index (χ4v) is 3.70. The van der Waals surface area contributed by atoms with Gasteiger partial charge in [0.15, 0.2) is 0 Å². The summed E-state index contributed by atoms with van der Waals surface area (Å²) in [6, 6.07) is 15.8. The monoisotopic (exact) mass is 367 g/mol. The maximum atomic E-state index is 13.5. The molecule has 2 aromatic carbocycles. The van der Waals surface area contributed by atoms with Crippen molar-refractivity contribution >= 4 is 27.7 Å². The van der Waals surface area contributed by atoms with E-state index in [0.29, 0.717) is 6.04 Å². The molecule has 1 atom stereocenters. The van der Waals surface area contributed by atoms with Crippen molar-refractivity contribution in [2.24, 2.45) is 0 Å². The fraction of sp³-hybridized carbons (Fsp3) is 0.294. The minimum absolute atomic E-state index is 0.190. The van der Waals surface area contributed by atoms with Crippen LogP contribution in [-0.2, 0) is 6.42 Å². The van der Waals surface area contributed by atoms with Crippen molar-refractivity contribution in [3.05, 3.63) is 64.4 Å². The Kier molecular flexibility index (Phi) is 6.74. The van der Waals surface area contributed by atoms with Crippen LogP contribution in [0.1, 0.15) is 12.5 Å². The smallest absolute Gasteiger partial charge is 0.124 e. The molecule has 1 unspecified atom stereocenters. The summed E-state index contributed by atoms with van der Waals surface area (Å²) in [6.07, 6.45) is 0.823. The van der Waals surface area contributed by atoms with Gasteiger partial charge in [-0.05, 0) is 48.9 Å². The van der Waals surface area contributed by atoms with Gasteiger partial charge in [-0.3, -0.25) is 0 Å². The second kappa shape index (κ2) is 8.57. The van der Waals surface area contributed by atoms with Crippen molar-refractivity contribution in [2.45, 2.75) is 24.3 Å². The molecule has 2 aromatic rings. The quantitative estimate of drug-likeness (QED) is 0.698. The number of hydrogen-bond donors (Lipinski definition) is 1. The van der Waals surface area contributed by atoms with E-state index in [1.165, 1.54) is 11.0 Å². The van der Waals surface area contributed by atoms with Crippen LogP contribution in [0.4, 0.5) is 4.39 Å². The van der Waals surface area contributed by atoms with E-state index in [1.54, 1.807) is 6.07 Å². The summed E-state index contributed by atoms with van der Waals surface area (Å²) in [5.74, 6) is 0.775. The molecule has 0 heterocycles. The largest absolute Gasteiger partial charge is 0.313 e. The maximum absolute atomic E-state index is 13.5. The maximum Gasteiger partial charge on any atom is 0.124 e. The lowest BCUT2D eigenvalue weighted by atomic mass is 10.1. The predicted molar refractivity (Wildman–Crippen MR) is 92.4 cm³/mol. The molecule has 0 radical (unpaired) electrons. The van der Waals surface area contributed by atoms with Gasteiger partial charge < -0.3 is 5.32 Å². The first-order valence-corrected chi connectivity index (χ1v) is 8.81. The number of halogens is 2. The molecule has 0 saturated carbocycles. The van der Waals surface area contributed by atoms with Crippen LogP contribution in [0.25, 0.3) is 0 Å². The van der Waals surface area contributed by atoms with Crippen molar-refractivity contribution < 1.29 is 4.39 Å². The number of nitrogens with one attached hydrogen (secondary N) is 1. The number of hydrogen-bond acceptors (Lipinski definition) is 2. The third-order valence-electron chi connectivity index (χ3n) is 3.09. The van der Waals surface area contributed by atoms with Gasteiger partial charge in [-0.15, -0.1) is 11.8 Å². The third kappa shape index (κ3) is 5.81. The summed E-state index contributed by atoms with van der Waals surface area (Å²) in [4.78, 5) is 1.26. The molecule has 0 amide bonds. The van der Waals surface area contributed by atoms with Gasteiger partial charge in [0.1, 0.15) is 5.82 Å². The Balaban J connectivity index is 1.98. The second-order valence-electron chi connectivity index (χ2n) is 4.86. The van der Waals surface area contributed by atoms with Crippen LogP contribution in [0.2, 0.25) is 0 Å². The molecule has 21 heavy (non-hydrogen) atoms. The minimum Gasteiger partial charge on any atom is -0.313 e. The van der Waals surface area contributed by atoms with E-state index >= 15 is 0 Å². The molecular formula is C17H19BrFNS. The summed E-state index contributed by atoms with van der Waals surface area (Å²) < 4.78 is 14.3. The van der Waals surface area contributed by atoms with Crippen molar-refractivity contribution in [3.63, 3.8) is 0 Å². The Morgan fingerprint density at radius 2 is 1.95 bits per heavy atom. The van der Waals surface area contributed by atoms with Crippen molar-refractivity contribution in [3.8, 4) is 0 Å². The lowest BCUT2D eigenvalue weighted by Gasteiger charge is -2.18. The van der Waals surface area contributed by atoms with Crippen LogP contribution in [0.3, 0.4) is 0 Å². The van der Waals surface area contributed by atoms with Gasteiger partial charge in [-0.25, -0.2) is 4.39 Å². The summed E-state index contributed by atoms with van der Waals surface area (Å²) in [5.41, 5.74) is 1.02. The topological polar surface area (TPSA) is 12.0 Å². The molecule has 0 aliphatic rings. The molecule has 2 rings (SSSR count). The number of benzene rings is 2. The number of rotatable bonds is 7. The molecule has 4 heteroatoms. The Morgan fingerprint density at radius 3 is 2.62 bits per heavy atom. The molecule has 0 aliphatic carbocycles. The molecule has 0 saturated heterocycles. The normalized spacial score (nSPS) is 12.3. The average Bonchev–Trinajstić information content (AvgIpc) is 2.45. The minimum atomic E-state index is -0.190. The van der Waals surface area contributed by atoms with Crippen molar-refractivity contribution in [1.82, 2.24) is 5.32 Å². The first-order valence-electron chi connectivity index (χ1n) is 7.03. The van der Waals surface area contributed by atoms with Gasteiger partial charge in [0.25, 0.3) is 0 Å². The van der Waals surface area contributed by atoms with E-state index < -0.39 is 0 Å². The molecule has 112 valence electrons. The van der Waals surface area contributed by atoms with E-state index in [9.17, 15) is 4.39 Å². The van der Waals surface area contributed by atoms with E-state index in [2.05, 4.69) is 40.3 Å². The molecule has 1 nitrogen and oxygen atoms in total. The molecule has 0 spiro atoms. The highest BCUT2D eigenvalue weighted by molar-refractivity contribution is 9.10. The Labute approximate surface area is 138 Å². The Bertz CT molecular complexity index is 542. The second-order valence-corrected chi connectivity index (χ2v) is 6.87. The molecule has 0 bridgehead atoms. The summed E-state index contributed by atoms with van der Waals surface area (Å²) >= 11 is 5.18. The molecule has 1 N–H and O–H groups in total. The summed E-state index contributed by atoms with van der Waals surface area (Å²) in [7, 11) is 0. The predicted octanol–water partition coefficient (Wildman–Crippen LogP) is 4.90. The highest BCUT2D eigenvalue weighted by atomic mass is 79.9. The van der Waals surface area contributed by atoms with E-state index in [0.717, 1.165) is 28.8 Å². The zero-order chi connectivity index (χ0) is 15.1. The van der Waals surface area contributed by atoms with Crippen LogP contribution in [-0.4, -0.2) is 18.3 Å².